The zero-order chi connectivity index (χ0) is 19.4. The molecule has 142 valence electrons. The lowest BCUT2D eigenvalue weighted by Crippen LogP contribution is -2.35. The number of benzene rings is 2. The van der Waals surface area contributed by atoms with Gasteiger partial charge in [0, 0.05) is 31.2 Å². The number of carbonyl (C=O) groups excluding carboxylic acids is 1. The summed E-state index contributed by atoms with van der Waals surface area (Å²) in [4.78, 5) is 17.2. The third-order valence-electron chi connectivity index (χ3n) is 4.64. The number of H-pyrrole nitrogens is 1. The smallest absolute Gasteiger partial charge is 0.410 e. The van der Waals surface area contributed by atoms with Crippen LogP contribution in [0.15, 0.2) is 60.8 Å². The Morgan fingerprint density at radius 1 is 1.07 bits per heavy atom. The largest absolute Gasteiger partial charge is 0.444 e. The van der Waals surface area contributed by atoms with Gasteiger partial charge in [-0.15, -0.1) is 0 Å². The molecule has 0 radical (unpaired) electrons. The molecule has 4 nitrogen and oxygen atoms in total. The predicted molar refractivity (Wildman–Crippen MR) is 110 cm³/mol. The Morgan fingerprint density at radius 3 is 2.52 bits per heavy atom. The van der Waals surface area contributed by atoms with E-state index in [0.29, 0.717) is 6.54 Å². The number of carbonyl (C=O) groups is 1. The summed E-state index contributed by atoms with van der Waals surface area (Å²) in [6, 6.07) is 19.1. The Labute approximate surface area is 161 Å². The van der Waals surface area contributed by atoms with Crippen LogP contribution < -0.4 is 0 Å². The Kier molecular flexibility index (Phi) is 5.54. The van der Waals surface area contributed by atoms with Gasteiger partial charge in [-0.25, -0.2) is 4.79 Å². The first kappa shape index (κ1) is 19.0. The Morgan fingerprint density at radius 2 is 1.81 bits per heavy atom. The lowest BCUT2D eigenvalue weighted by atomic mass is 9.88. The van der Waals surface area contributed by atoms with Crippen molar-refractivity contribution in [2.24, 2.45) is 0 Å². The maximum absolute atomic E-state index is 12.3. The Hall–Kier alpha value is -2.75. The highest BCUT2D eigenvalue weighted by molar-refractivity contribution is 5.80. The molecule has 2 aromatic carbocycles. The molecule has 1 amide bonds. The van der Waals surface area contributed by atoms with E-state index in [1.807, 2.05) is 33.0 Å². The van der Waals surface area contributed by atoms with Gasteiger partial charge in [-0.1, -0.05) is 36.4 Å². The Bertz CT molecular complexity index is 893. The van der Waals surface area contributed by atoms with E-state index >= 15 is 0 Å². The van der Waals surface area contributed by atoms with E-state index in [9.17, 15) is 4.79 Å². The third kappa shape index (κ3) is 4.91. The molecule has 1 atom stereocenters. The first-order valence-corrected chi connectivity index (χ1v) is 9.39. The molecule has 0 aliphatic rings. The van der Waals surface area contributed by atoms with Gasteiger partial charge in [0.1, 0.15) is 5.60 Å². The minimum Gasteiger partial charge on any atom is -0.444 e. The molecule has 4 heteroatoms. The van der Waals surface area contributed by atoms with Gasteiger partial charge in [0.05, 0.1) is 0 Å². The molecule has 1 unspecified atom stereocenters. The van der Waals surface area contributed by atoms with Gasteiger partial charge in [-0.2, -0.15) is 0 Å². The second-order valence-corrected chi connectivity index (χ2v) is 7.98. The van der Waals surface area contributed by atoms with Crippen molar-refractivity contribution < 1.29 is 9.53 Å². The normalized spacial score (nSPS) is 12.7. The lowest BCUT2D eigenvalue weighted by Gasteiger charge is -2.26. The molecular formula is C23H28N2O2. The molecule has 0 saturated carbocycles. The van der Waals surface area contributed by atoms with E-state index in [0.717, 1.165) is 11.9 Å². The van der Waals surface area contributed by atoms with Crippen molar-refractivity contribution in [3.8, 4) is 0 Å². The molecule has 0 saturated heterocycles. The fourth-order valence-electron chi connectivity index (χ4n) is 3.25. The molecule has 1 aromatic heterocycles. The van der Waals surface area contributed by atoms with Gasteiger partial charge in [-0.05, 0) is 61.9 Å². The summed E-state index contributed by atoms with van der Waals surface area (Å²) in [5.74, 6) is 0.218. The average Bonchev–Trinajstić information content (AvgIpc) is 3.09. The summed E-state index contributed by atoms with van der Waals surface area (Å²) >= 11 is 0. The minimum atomic E-state index is -0.483. The topological polar surface area (TPSA) is 45.3 Å². The summed E-state index contributed by atoms with van der Waals surface area (Å²) in [5.41, 5.74) is 3.16. The fraction of sp³-hybridized carbons (Fsp3) is 0.348. The van der Waals surface area contributed by atoms with Crippen LogP contribution in [0.3, 0.4) is 0 Å². The van der Waals surface area contributed by atoms with Crippen LogP contribution in [0.5, 0.6) is 0 Å². The number of ether oxygens (including phenoxy) is 1. The monoisotopic (exact) mass is 364 g/mol. The van der Waals surface area contributed by atoms with E-state index in [1.54, 1.807) is 11.9 Å². The highest BCUT2D eigenvalue weighted by Crippen LogP contribution is 2.30. The zero-order valence-electron chi connectivity index (χ0n) is 16.5. The van der Waals surface area contributed by atoms with Crippen LogP contribution in [0, 0.1) is 0 Å². The standard InChI is InChI=1S/C23H28N2O2/c1-23(2,3)27-22(26)25(4)15-13-20(17-8-6-5-7-9-17)18-10-11-21-19(16-18)12-14-24-21/h5-12,14,16,20,24H,13,15H2,1-4H3. The van der Waals surface area contributed by atoms with E-state index in [1.165, 1.54) is 16.5 Å². The summed E-state index contributed by atoms with van der Waals surface area (Å²) in [7, 11) is 1.80. The SMILES string of the molecule is CN(CCC(c1ccccc1)c1ccc2[nH]ccc2c1)C(=O)OC(C)(C)C. The fourth-order valence-corrected chi connectivity index (χ4v) is 3.25. The van der Waals surface area contributed by atoms with Crippen molar-refractivity contribution >= 4 is 17.0 Å². The van der Waals surface area contributed by atoms with Crippen molar-refractivity contribution in [1.82, 2.24) is 9.88 Å². The number of hydrogen-bond donors (Lipinski definition) is 1. The summed E-state index contributed by atoms with van der Waals surface area (Å²) in [6.45, 7) is 6.28. The van der Waals surface area contributed by atoms with Crippen LogP contribution in [-0.2, 0) is 4.74 Å². The van der Waals surface area contributed by atoms with Gasteiger partial charge in [0.2, 0.25) is 0 Å². The van der Waals surface area contributed by atoms with Crippen LogP contribution in [0.4, 0.5) is 4.79 Å². The van der Waals surface area contributed by atoms with Gasteiger partial charge >= 0.3 is 6.09 Å². The molecule has 3 rings (SSSR count). The molecule has 0 bridgehead atoms. The highest BCUT2D eigenvalue weighted by atomic mass is 16.6. The number of rotatable bonds is 5. The van der Waals surface area contributed by atoms with Gasteiger partial charge in [-0.3, -0.25) is 0 Å². The second-order valence-electron chi connectivity index (χ2n) is 7.98. The molecule has 0 fully saturated rings. The van der Waals surface area contributed by atoms with Crippen molar-refractivity contribution in [3.05, 3.63) is 71.9 Å². The first-order chi connectivity index (χ1) is 12.8. The molecule has 0 aliphatic carbocycles. The van der Waals surface area contributed by atoms with Crippen molar-refractivity contribution in [1.29, 1.82) is 0 Å². The van der Waals surface area contributed by atoms with Gasteiger partial charge in [0.15, 0.2) is 0 Å². The minimum absolute atomic E-state index is 0.218. The van der Waals surface area contributed by atoms with E-state index < -0.39 is 5.60 Å². The van der Waals surface area contributed by atoms with Crippen LogP contribution in [-0.4, -0.2) is 35.2 Å². The van der Waals surface area contributed by atoms with Crippen LogP contribution >= 0.6 is 0 Å². The van der Waals surface area contributed by atoms with Crippen molar-refractivity contribution in [2.45, 2.75) is 38.7 Å². The van der Waals surface area contributed by atoms with E-state index in [-0.39, 0.29) is 12.0 Å². The molecular weight excluding hydrogens is 336 g/mol. The van der Waals surface area contributed by atoms with Gasteiger partial charge in [0.25, 0.3) is 0 Å². The summed E-state index contributed by atoms with van der Waals surface area (Å²) in [5, 5.41) is 1.20. The third-order valence-corrected chi connectivity index (χ3v) is 4.64. The van der Waals surface area contributed by atoms with Crippen LogP contribution in [0.2, 0.25) is 0 Å². The van der Waals surface area contributed by atoms with Gasteiger partial charge < -0.3 is 14.6 Å². The number of amides is 1. The lowest BCUT2D eigenvalue weighted by molar-refractivity contribution is 0.0295. The van der Waals surface area contributed by atoms with Crippen molar-refractivity contribution in [3.63, 3.8) is 0 Å². The maximum atomic E-state index is 12.3. The number of aromatic nitrogens is 1. The van der Waals surface area contributed by atoms with E-state index in [4.69, 9.17) is 4.74 Å². The molecule has 27 heavy (non-hydrogen) atoms. The molecule has 3 aromatic rings. The zero-order valence-corrected chi connectivity index (χ0v) is 16.5. The molecule has 0 spiro atoms. The predicted octanol–water partition coefficient (Wildman–Crippen LogP) is 5.56. The number of aromatic amines is 1. The quantitative estimate of drug-likeness (QED) is 0.644. The average molecular weight is 364 g/mol. The summed E-state index contributed by atoms with van der Waals surface area (Å²) in [6.07, 6.45) is 2.51. The number of nitrogens with zero attached hydrogens (tertiary/aromatic N) is 1. The Balaban J connectivity index is 1.80. The number of fused-ring (bicyclic) bond motifs is 1. The molecule has 1 heterocycles. The molecule has 0 aliphatic heterocycles. The van der Waals surface area contributed by atoms with Crippen LogP contribution in [0.1, 0.15) is 44.2 Å². The first-order valence-electron chi connectivity index (χ1n) is 9.39. The van der Waals surface area contributed by atoms with E-state index in [2.05, 4.69) is 53.5 Å². The maximum Gasteiger partial charge on any atom is 0.410 e. The van der Waals surface area contributed by atoms with Crippen molar-refractivity contribution in [2.75, 3.05) is 13.6 Å². The van der Waals surface area contributed by atoms with Crippen LogP contribution in [0.25, 0.3) is 10.9 Å². The highest BCUT2D eigenvalue weighted by Gasteiger charge is 2.21. The molecule has 1 N–H and O–H groups in total. The summed E-state index contributed by atoms with van der Waals surface area (Å²) < 4.78 is 5.47. The number of nitrogens with one attached hydrogen (secondary N) is 1. The number of hydrogen-bond acceptors (Lipinski definition) is 2. The second kappa shape index (κ2) is 7.87.